The fraction of sp³-hybridized carbons (Fsp3) is 0.611. The number of rotatable bonds is 2. The van der Waals surface area contributed by atoms with Crippen molar-refractivity contribution in [3.05, 3.63) is 35.1 Å². The van der Waals surface area contributed by atoms with E-state index in [1.807, 2.05) is 12.1 Å². The van der Waals surface area contributed by atoms with Gasteiger partial charge in [-0.25, -0.2) is 4.39 Å². The Labute approximate surface area is 126 Å². The van der Waals surface area contributed by atoms with Crippen molar-refractivity contribution in [2.45, 2.75) is 51.5 Å². The first-order valence-electron chi connectivity index (χ1n) is 8.11. The maximum Gasteiger partial charge on any atom is 0.124 e. The van der Waals surface area contributed by atoms with Gasteiger partial charge in [0, 0.05) is 6.54 Å². The molecule has 2 nitrogen and oxygen atoms in total. The maximum atomic E-state index is 13.5. The molecule has 112 valence electrons. The van der Waals surface area contributed by atoms with Gasteiger partial charge in [-0.2, -0.15) is 5.26 Å². The summed E-state index contributed by atoms with van der Waals surface area (Å²) in [6.07, 6.45) is 9.58. The van der Waals surface area contributed by atoms with Crippen LogP contribution in [0.5, 0.6) is 0 Å². The second-order valence-electron chi connectivity index (χ2n) is 6.80. The summed E-state index contributed by atoms with van der Waals surface area (Å²) < 4.78 is 13.5. The smallest absolute Gasteiger partial charge is 0.124 e. The third-order valence-electron chi connectivity index (χ3n) is 5.32. The lowest BCUT2D eigenvalue weighted by molar-refractivity contribution is 0.0641. The maximum absolute atomic E-state index is 13.5. The second kappa shape index (κ2) is 6.15. The fourth-order valence-electron chi connectivity index (χ4n) is 4.05. The first-order valence-corrected chi connectivity index (χ1v) is 8.11. The van der Waals surface area contributed by atoms with Crippen molar-refractivity contribution in [3.8, 4) is 6.07 Å². The third-order valence-corrected chi connectivity index (χ3v) is 5.32. The molecule has 1 saturated carbocycles. The van der Waals surface area contributed by atoms with Gasteiger partial charge in [-0.1, -0.05) is 19.3 Å². The molecule has 2 aliphatic rings. The number of benzene rings is 1. The Morgan fingerprint density at radius 1 is 1.05 bits per heavy atom. The van der Waals surface area contributed by atoms with Crippen LogP contribution in [0.4, 0.5) is 4.39 Å². The van der Waals surface area contributed by atoms with Crippen molar-refractivity contribution in [2.75, 3.05) is 13.1 Å². The minimum Gasteiger partial charge on any atom is -0.299 e. The molecular weight excluding hydrogens is 263 g/mol. The van der Waals surface area contributed by atoms with Crippen LogP contribution in [0, 0.1) is 22.6 Å². The van der Waals surface area contributed by atoms with Crippen LogP contribution in [0.3, 0.4) is 0 Å². The van der Waals surface area contributed by atoms with Crippen LogP contribution in [0.2, 0.25) is 0 Å². The summed E-state index contributed by atoms with van der Waals surface area (Å²) in [6, 6.07) is 6.71. The average molecular weight is 286 g/mol. The van der Waals surface area contributed by atoms with E-state index in [9.17, 15) is 4.39 Å². The van der Waals surface area contributed by atoms with Crippen molar-refractivity contribution in [1.82, 2.24) is 4.90 Å². The zero-order chi connectivity index (χ0) is 14.7. The number of piperidine rings is 1. The van der Waals surface area contributed by atoms with Crippen LogP contribution in [-0.2, 0) is 6.54 Å². The summed E-state index contributed by atoms with van der Waals surface area (Å²) >= 11 is 0. The monoisotopic (exact) mass is 286 g/mol. The number of hydrogen-bond donors (Lipinski definition) is 0. The highest BCUT2D eigenvalue weighted by Crippen LogP contribution is 2.44. The highest BCUT2D eigenvalue weighted by molar-refractivity contribution is 5.33. The molecule has 0 amide bonds. The van der Waals surface area contributed by atoms with Crippen LogP contribution in [0.1, 0.15) is 56.1 Å². The molecule has 21 heavy (non-hydrogen) atoms. The molecule has 0 N–H and O–H groups in total. The number of nitrogens with zero attached hydrogens (tertiary/aromatic N) is 2. The van der Waals surface area contributed by atoms with E-state index in [1.54, 1.807) is 6.07 Å². The molecule has 1 heterocycles. The van der Waals surface area contributed by atoms with Gasteiger partial charge >= 0.3 is 0 Å². The molecule has 1 aromatic rings. The average Bonchev–Trinajstić information content (AvgIpc) is 2.50. The number of halogens is 1. The van der Waals surface area contributed by atoms with Crippen molar-refractivity contribution in [2.24, 2.45) is 5.41 Å². The van der Waals surface area contributed by atoms with Gasteiger partial charge in [-0.15, -0.1) is 0 Å². The second-order valence-corrected chi connectivity index (χ2v) is 6.80. The van der Waals surface area contributed by atoms with Gasteiger partial charge in [-0.05, 0) is 68.0 Å². The molecule has 1 aliphatic carbocycles. The molecular formula is C18H23FN2. The summed E-state index contributed by atoms with van der Waals surface area (Å²) in [5.41, 5.74) is 1.95. The van der Waals surface area contributed by atoms with E-state index in [4.69, 9.17) is 5.26 Å². The zero-order valence-corrected chi connectivity index (χ0v) is 12.6. The third kappa shape index (κ3) is 3.44. The molecule has 0 radical (unpaired) electrons. The number of hydrogen-bond acceptors (Lipinski definition) is 2. The van der Waals surface area contributed by atoms with Gasteiger partial charge < -0.3 is 0 Å². The van der Waals surface area contributed by atoms with Gasteiger partial charge in [0.2, 0.25) is 0 Å². The first-order chi connectivity index (χ1) is 10.2. The van der Waals surface area contributed by atoms with Gasteiger partial charge in [0.15, 0.2) is 0 Å². The standard InChI is InChI=1S/C18H23FN2/c19-17-11-15(13-20)10-16(12-17)14-21-8-6-18(7-9-21)4-2-1-3-5-18/h10-12H,1-9,14H2. The summed E-state index contributed by atoms with van der Waals surface area (Å²) in [7, 11) is 0. The van der Waals surface area contributed by atoms with E-state index in [2.05, 4.69) is 4.90 Å². The molecule has 1 spiro atoms. The predicted molar refractivity (Wildman–Crippen MR) is 81.1 cm³/mol. The molecule has 0 bridgehead atoms. The summed E-state index contributed by atoms with van der Waals surface area (Å²) in [5, 5.41) is 8.93. The van der Waals surface area contributed by atoms with Crippen LogP contribution in [0.15, 0.2) is 18.2 Å². The van der Waals surface area contributed by atoms with Crippen molar-refractivity contribution >= 4 is 0 Å². The van der Waals surface area contributed by atoms with E-state index in [1.165, 1.54) is 51.0 Å². The van der Waals surface area contributed by atoms with Crippen LogP contribution < -0.4 is 0 Å². The summed E-state index contributed by atoms with van der Waals surface area (Å²) in [6.45, 7) is 2.99. The molecule has 0 atom stereocenters. The minimum atomic E-state index is -0.301. The van der Waals surface area contributed by atoms with Gasteiger partial charge in [0.1, 0.15) is 5.82 Å². The predicted octanol–water partition coefficient (Wildman–Crippen LogP) is 4.24. The number of likely N-dealkylation sites (tertiary alicyclic amines) is 1. The zero-order valence-electron chi connectivity index (χ0n) is 12.6. The van der Waals surface area contributed by atoms with E-state index in [0.717, 1.165) is 25.2 Å². The SMILES string of the molecule is N#Cc1cc(F)cc(CN2CCC3(CCCCC3)CC2)c1. The van der Waals surface area contributed by atoms with E-state index in [-0.39, 0.29) is 5.82 Å². The lowest BCUT2D eigenvalue weighted by Gasteiger charge is -2.44. The van der Waals surface area contributed by atoms with Crippen LogP contribution in [0.25, 0.3) is 0 Å². The Balaban J connectivity index is 1.60. The highest BCUT2D eigenvalue weighted by atomic mass is 19.1. The molecule has 0 aromatic heterocycles. The molecule has 1 aromatic carbocycles. The van der Waals surface area contributed by atoms with Crippen molar-refractivity contribution < 1.29 is 4.39 Å². The molecule has 1 saturated heterocycles. The van der Waals surface area contributed by atoms with E-state index in [0.29, 0.717) is 11.0 Å². The van der Waals surface area contributed by atoms with Crippen molar-refractivity contribution in [3.63, 3.8) is 0 Å². The van der Waals surface area contributed by atoms with Gasteiger partial charge in [0.05, 0.1) is 11.6 Å². The summed E-state index contributed by atoms with van der Waals surface area (Å²) in [5.74, 6) is -0.301. The minimum absolute atomic E-state index is 0.301. The highest BCUT2D eigenvalue weighted by Gasteiger charge is 2.35. The molecule has 3 heteroatoms. The largest absolute Gasteiger partial charge is 0.299 e. The molecule has 2 fully saturated rings. The van der Waals surface area contributed by atoms with Crippen LogP contribution in [-0.4, -0.2) is 18.0 Å². The Morgan fingerprint density at radius 2 is 1.76 bits per heavy atom. The van der Waals surface area contributed by atoms with Gasteiger partial charge in [-0.3, -0.25) is 4.90 Å². The topological polar surface area (TPSA) is 27.0 Å². The lowest BCUT2D eigenvalue weighted by Crippen LogP contribution is -2.40. The lowest BCUT2D eigenvalue weighted by atomic mass is 9.68. The molecule has 3 rings (SSSR count). The van der Waals surface area contributed by atoms with E-state index >= 15 is 0 Å². The van der Waals surface area contributed by atoms with Gasteiger partial charge in [0.25, 0.3) is 0 Å². The first kappa shape index (κ1) is 14.5. The van der Waals surface area contributed by atoms with E-state index < -0.39 is 0 Å². The van der Waals surface area contributed by atoms with Crippen LogP contribution >= 0.6 is 0 Å². The molecule has 0 unspecified atom stereocenters. The normalized spacial score (nSPS) is 22.1. The Kier molecular flexibility index (Phi) is 4.26. The Morgan fingerprint density at radius 3 is 2.43 bits per heavy atom. The quantitative estimate of drug-likeness (QED) is 0.813. The number of nitriles is 1. The van der Waals surface area contributed by atoms with Crippen molar-refractivity contribution in [1.29, 1.82) is 5.26 Å². The Hall–Kier alpha value is -1.40. The Bertz CT molecular complexity index is 531. The fourth-order valence-corrected chi connectivity index (χ4v) is 4.05. The molecule has 1 aliphatic heterocycles. The summed E-state index contributed by atoms with van der Waals surface area (Å²) in [4.78, 5) is 2.41.